The van der Waals surface area contributed by atoms with Crippen molar-refractivity contribution in [1.29, 1.82) is 0 Å². The number of nitrogens with one attached hydrogen (secondary N) is 2. The van der Waals surface area contributed by atoms with E-state index in [0.29, 0.717) is 19.6 Å². The van der Waals surface area contributed by atoms with E-state index in [-0.39, 0.29) is 5.75 Å². The molecule has 0 saturated heterocycles. The molecular formula is C16H19N3O3S2. The summed E-state index contributed by atoms with van der Waals surface area (Å²) in [4.78, 5) is 4.57. The zero-order chi connectivity index (χ0) is 17.0. The maximum Gasteiger partial charge on any atom is 0.211 e. The fourth-order valence-corrected chi connectivity index (χ4v) is 3.72. The molecule has 0 fully saturated rings. The van der Waals surface area contributed by atoms with Gasteiger partial charge in [0.15, 0.2) is 10.8 Å². The Balaban J connectivity index is 1.54. The highest BCUT2D eigenvalue weighted by Crippen LogP contribution is 2.30. The lowest BCUT2D eigenvalue weighted by molar-refractivity contribution is 0.493. The van der Waals surface area contributed by atoms with E-state index in [4.69, 9.17) is 4.42 Å². The van der Waals surface area contributed by atoms with Gasteiger partial charge in [-0.2, -0.15) is 0 Å². The van der Waals surface area contributed by atoms with Crippen LogP contribution >= 0.6 is 11.3 Å². The van der Waals surface area contributed by atoms with Crippen molar-refractivity contribution in [3.05, 3.63) is 42.2 Å². The maximum absolute atomic E-state index is 11.3. The zero-order valence-corrected chi connectivity index (χ0v) is 14.9. The third-order valence-corrected chi connectivity index (χ3v) is 5.92. The number of para-hydroxylation sites is 1. The Morgan fingerprint density at radius 2 is 2.00 bits per heavy atom. The van der Waals surface area contributed by atoms with Crippen molar-refractivity contribution < 1.29 is 12.8 Å². The average Bonchev–Trinajstić information content (AvgIpc) is 3.20. The van der Waals surface area contributed by atoms with Crippen molar-refractivity contribution in [3.8, 4) is 10.8 Å². The minimum atomic E-state index is -3.13. The van der Waals surface area contributed by atoms with Gasteiger partial charge < -0.3 is 9.73 Å². The van der Waals surface area contributed by atoms with E-state index in [1.807, 2.05) is 36.4 Å². The fraction of sp³-hybridized carbons (Fsp3) is 0.312. The molecule has 3 rings (SSSR count). The summed E-state index contributed by atoms with van der Waals surface area (Å²) >= 11 is 1.60. The van der Waals surface area contributed by atoms with Crippen molar-refractivity contribution in [1.82, 2.24) is 15.0 Å². The Labute approximate surface area is 145 Å². The largest absolute Gasteiger partial charge is 0.457 e. The number of thiazole rings is 1. The summed E-state index contributed by atoms with van der Waals surface area (Å²) in [7, 11) is -3.13. The van der Waals surface area contributed by atoms with Crippen molar-refractivity contribution in [2.24, 2.45) is 0 Å². The van der Waals surface area contributed by atoms with E-state index in [1.54, 1.807) is 18.3 Å². The summed E-state index contributed by atoms with van der Waals surface area (Å²) in [5.74, 6) is 1.64. The number of rotatable bonds is 8. The maximum atomic E-state index is 11.3. The summed E-state index contributed by atoms with van der Waals surface area (Å²) in [5.41, 5.74) is 0.969. The second-order valence-electron chi connectivity index (χ2n) is 5.23. The molecule has 24 heavy (non-hydrogen) atoms. The molecule has 8 heteroatoms. The lowest BCUT2D eigenvalue weighted by atomic mass is 10.3. The molecule has 0 amide bonds. The van der Waals surface area contributed by atoms with Gasteiger partial charge in [-0.25, -0.2) is 18.1 Å². The molecule has 2 N–H and O–H groups in total. The van der Waals surface area contributed by atoms with Crippen molar-refractivity contribution in [3.63, 3.8) is 0 Å². The first kappa shape index (κ1) is 17.1. The van der Waals surface area contributed by atoms with Crippen LogP contribution in [0.2, 0.25) is 0 Å². The number of hydrogen-bond acceptors (Lipinski definition) is 6. The Morgan fingerprint density at radius 3 is 2.79 bits per heavy atom. The summed E-state index contributed by atoms with van der Waals surface area (Å²) < 4.78 is 32.1. The Hall–Kier alpha value is -1.74. The molecule has 3 aromatic rings. The molecule has 0 aliphatic rings. The van der Waals surface area contributed by atoms with Crippen LogP contribution in [0.4, 0.5) is 0 Å². The SMILES string of the molecule is CCS(=O)(=O)NCCNCc1ccc(-c2nc3ccccc3s2)o1. The van der Waals surface area contributed by atoms with Crippen molar-refractivity contribution in [2.75, 3.05) is 18.8 Å². The summed E-state index contributed by atoms with van der Waals surface area (Å²) in [6.45, 7) is 3.05. The van der Waals surface area contributed by atoms with E-state index in [1.165, 1.54) is 0 Å². The zero-order valence-electron chi connectivity index (χ0n) is 13.3. The van der Waals surface area contributed by atoms with E-state index < -0.39 is 10.0 Å². The Morgan fingerprint density at radius 1 is 1.17 bits per heavy atom. The van der Waals surface area contributed by atoms with Crippen LogP contribution in [-0.4, -0.2) is 32.2 Å². The molecule has 2 aromatic heterocycles. The van der Waals surface area contributed by atoms with Gasteiger partial charge in [-0.3, -0.25) is 0 Å². The van der Waals surface area contributed by atoms with Crippen LogP contribution in [0.3, 0.4) is 0 Å². The van der Waals surface area contributed by atoms with E-state index >= 15 is 0 Å². The molecule has 0 bridgehead atoms. The van der Waals surface area contributed by atoms with E-state index in [9.17, 15) is 8.42 Å². The molecule has 128 valence electrons. The standard InChI is InChI=1S/C16H19N3O3S2/c1-2-24(20,21)18-10-9-17-11-12-7-8-14(22-12)16-19-13-5-3-4-6-15(13)23-16/h3-8,17-18H,2,9-11H2,1H3. The van der Waals surface area contributed by atoms with Gasteiger partial charge >= 0.3 is 0 Å². The quantitative estimate of drug-likeness (QED) is 0.600. The monoisotopic (exact) mass is 365 g/mol. The first-order chi connectivity index (χ1) is 11.6. The van der Waals surface area contributed by atoms with Crippen molar-refractivity contribution in [2.45, 2.75) is 13.5 Å². The number of nitrogens with zero attached hydrogens (tertiary/aromatic N) is 1. The molecular weight excluding hydrogens is 346 g/mol. The number of hydrogen-bond donors (Lipinski definition) is 2. The molecule has 0 aliphatic carbocycles. The first-order valence-corrected chi connectivity index (χ1v) is 10.2. The predicted molar refractivity (Wildman–Crippen MR) is 96.5 cm³/mol. The minimum Gasteiger partial charge on any atom is -0.457 e. The van der Waals surface area contributed by atoms with Crippen LogP contribution in [0.5, 0.6) is 0 Å². The van der Waals surface area contributed by atoms with Gasteiger partial charge in [0.1, 0.15) is 5.76 Å². The molecule has 0 spiro atoms. The molecule has 0 saturated carbocycles. The molecule has 0 atom stereocenters. The number of sulfonamides is 1. The third kappa shape index (κ3) is 4.21. The highest BCUT2D eigenvalue weighted by Gasteiger charge is 2.10. The molecule has 1 aromatic carbocycles. The molecule has 0 aliphatic heterocycles. The van der Waals surface area contributed by atoms with Crippen LogP contribution < -0.4 is 10.0 Å². The normalized spacial score (nSPS) is 12.0. The highest BCUT2D eigenvalue weighted by atomic mass is 32.2. The second kappa shape index (κ2) is 7.43. The van der Waals surface area contributed by atoms with Gasteiger partial charge in [-0.1, -0.05) is 12.1 Å². The van der Waals surface area contributed by atoms with Crippen LogP contribution in [0, 0.1) is 0 Å². The summed E-state index contributed by atoms with van der Waals surface area (Å²) in [6.07, 6.45) is 0. The molecule has 6 nitrogen and oxygen atoms in total. The summed E-state index contributed by atoms with van der Waals surface area (Å²) in [6, 6.07) is 11.8. The minimum absolute atomic E-state index is 0.0940. The van der Waals surface area contributed by atoms with Gasteiger partial charge in [0.2, 0.25) is 10.0 Å². The van der Waals surface area contributed by atoms with E-state index in [0.717, 1.165) is 26.7 Å². The Bertz CT molecular complexity index is 882. The fourth-order valence-electron chi connectivity index (χ4n) is 2.17. The van der Waals surface area contributed by atoms with Crippen LogP contribution in [0.15, 0.2) is 40.8 Å². The van der Waals surface area contributed by atoms with E-state index in [2.05, 4.69) is 15.0 Å². The topological polar surface area (TPSA) is 84.2 Å². The van der Waals surface area contributed by atoms with Gasteiger partial charge in [0.25, 0.3) is 0 Å². The summed E-state index contributed by atoms with van der Waals surface area (Å²) in [5, 5.41) is 4.01. The lowest BCUT2D eigenvalue weighted by Crippen LogP contribution is -2.32. The third-order valence-electron chi connectivity index (χ3n) is 3.47. The number of aromatic nitrogens is 1. The van der Waals surface area contributed by atoms with Gasteiger partial charge in [-0.05, 0) is 31.2 Å². The first-order valence-electron chi connectivity index (χ1n) is 7.70. The molecule has 0 unspecified atom stereocenters. The number of furan rings is 1. The van der Waals surface area contributed by atoms with Gasteiger partial charge in [0.05, 0.1) is 22.5 Å². The lowest BCUT2D eigenvalue weighted by Gasteiger charge is -2.05. The number of fused-ring (bicyclic) bond motifs is 1. The highest BCUT2D eigenvalue weighted by molar-refractivity contribution is 7.89. The Kier molecular flexibility index (Phi) is 5.30. The second-order valence-corrected chi connectivity index (χ2v) is 8.35. The smallest absolute Gasteiger partial charge is 0.211 e. The van der Waals surface area contributed by atoms with Crippen LogP contribution in [0.1, 0.15) is 12.7 Å². The van der Waals surface area contributed by atoms with Gasteiger partial charge in [0, 0.05) is 13.1 Å². The molecule has 0 radical (unpaired) electrons. The van der Waals surface area contributed by atoms with Crippen LogP contribution in [0.25, 0.3) is 21.0 Å². The number of benzene rings is 1. The molecule has 2 heterocycles. The van der Waals surface area contributed by atoms with Crippen LogP contribution in [-0.2, 0) is 16.6 Å². The predicted octanol–water partition coefficient (Wildman–Crippen LogP) is 2.59. The van der Waals surface area contributed by atoms with Crippen molar-refractivity contribution >= 4 is 31.6 Å². The van der Waals surface area contributed by atoms with Gasteiger partial charge in [-0.15, -0.1) is 11.3 Å². The average molecular weight is 365 g/mol.